The number of rotatable bonds is 7. The van der Waals surface area contributed by atoms with E-state index >= 15 is 0 Å². The fraction of sp³-hybridized carbons (Fsp3) is 0.214. The van der Waals surface area contributed by atoms with E-state index in [0.717, 1.165) is 5.76 Å². The van der Waals surface area contributed by atoms with Crippen molar-refractivity contribution >= 4 is 21.1 Å². The van der Waals surface area contributed by atoms with Crippen molar-refractivity contribution in [3.05, 3.63) is 52.8 Å². The number of sulfonamides is 1. The molecule has 0 radical (unpaired) electrons. The SMILES string of the molecule is O=c1[nH]c2ccc(S(=O)(=O)NOCCCc3ccco3)cc2[nH]1. The molecular formula is C14H15N3O5S. The Balaban J connectivity index is 1.58. The van der Waals surface area contributed by atoms with Gasteiger partial charge in [0.2, 0.25) is 0 Å². The van der Waals surface area contributed by atoms with E-state index in [9.17, 15) is 13.2 Å². The average molecular weight is 337 g/mol. The van der Waals surface area contributed by atoms with Gasteiger partial charge in [-0.1, -0.05) is 4.89 Å². The number of furan rings is 1. The molecule has 0 bridgehead atoms. The van der Waals surface area contributed by atoms with Gasteiger partial charge in [0.1, 0.15) is 5.76 Å². The number of imidazole rings is 1. The van der Waals surface area contributed by atoms with Gasteiger partial charge >= 0.3 is 5.69 Å². The molecule has 3 N–H and O–H groups in total. The van der Waals surface area contributed by atoms with Crippen molar-refractivity contribution in [2.75, 3.05) is 6.61 Å². The lowest BCUT2D eigenvalue weighted by Crippen LogP contribution is -2.24. The van der Waals surface area contributed by atoms with Crippen molar-refractivity contribution in [2.45, 2.75) is 17.7 Å². The summed E-state index contributed by atoms with van der Waals surface area (Å²) in [6, 6.07) is 7.90. The van der Waals surface area contributed by atoms with E-state index in [-0.39, 0.29) is 11.5 Å². The first-order chi connectivity index (χ1) is 11.0. The number of aromatic amines is 2. The van der Waals surface area contributed by atoms with Crippen LogP contribution in [0.1, 0.15) is 12.2 Å². The van der Waals surface area contributed by atoms with Crippen molar-refractivity contribution in [1.82, 2.24) is 14.9 Å². The summed E-state index contributed by atoms with van der Waals surface area (Å²) < 4.78 is 29.4. The third-order valence-electron chi connectivity index (χ3n) is 3.22. The van der Waals surface area contributed by atoms with E-state index in [1.807, 2.05) is 6.07 Å². The number of aryl methyl sites for hydroxylation is 1. The Morgan fingerprint density at radius 1 is 1.17 bits per heavy atom. The molecule has 8 nitrogen and oxygen atoms in total. The summed E-state index contributed by atoms with van der Waals surface area (Å²) in [4.78, 5) is 23.3. The molecule has 3 rings (SSSR count). The largest absolute Gasteiger partial charge is 0.469 e. The minimum absolute atomic E-state index is 0.00582. The first kappa shape index (κ1) is 15.5. The van der Waals surface area contributed by atoms with Crippen LogP contribution in [0, 0.1) is 0 Å². The number of nitrogens with one attached hydrogen (secondary N) is 3. The fourth-order valence-corrected chi connectivity index (χ4v) is 2.97. The lowest BCUT2D eigenvalue weighted by Gasteiger charge is -2.07. The fourth-order valence-electron chi connectivity index (χ4n) is 2.12. The molecule has 0 aliphatic carbocycles. The van der Waals surface area contributed by atoms with Gasteiger partial charge in [-0.05, 0) is 36.8 Å². The zero-order chi connectivity index (χ0) is 16.3. The van der Waals surface area contributed by atoms with Gasteiger partial charge in [0.25, 0.3) is 10.0 Å². The molecule has 0 atom stereocenters. The maximum atomic E-state index is 12.1. The highest BCUT2D eigenvalue weighted by molar-refractivity contribution is 7.89. The third kappa shape index (κ3) is 3.70. The zero-order valence-corrected chi connectivity index (χ0v) is 12.9. The molecule has 2 heterocycles. The number of benzene rings is 1. The second-order valence-electron chi connectivity index (χ2n) is 4.90. The summed E-state index contributed by atoms with van der Waals surface area (Å²) >= 11 is 0. The smallest absolute Gasteiger partial charge is 0.323 e. The number of fused-ring (bicyclic) bond motifs is 1. The molecule has 9 heteroatoms. The van der Waals surface area contributed by atoms with Gasteiger partial charge in [0, 0.05) is 6.42 Å². The minimum atomic E-state index is -3.81. The molecular weight excluding hydrogens is 322 g/mol. The standard InChI is InChI=1S/C14H15N3O5S/c18-14-15-12-6-5-11(9-13(12)16-14)23(19,20)17-22-8-2-4-10-3-1-7-21-10/h1,3,5-7,9,17H,2,4,8H2,(H2,15,16,18). The Bertz CT molecular complexity index is 940. The van der Waals surface area contributed by atoms with Crippen LogP contribution in [0.5, 0.6) is 0 Å². The van der Waals surface area contributed by atoms with Crippen LogP contribution < -0.4 is 10.6 Å². The van der Waals surface area contributed by atoms with Crippen LogP contribution in [-0.4, -0.2) is 25.0 Å². The van der Waals surface area contributed by atoms with Gasteiger partial charge in [-0.15, -0.1) is 0 Å². The van der Waals surface area contributed by atoms with E-state index < -0.39 is 15.7 Å². The van der Waals surface area contributed by atoms with Gasteiger partial charge in [-0.2, -0.15) is 0 Å². The van der Waals surface area contributed by atoms with Crippen LogP contribution in [0.4, 0.5) is 0 Å². The molecule has 122 valence electrons. The Hall–Kier alpha value is -2.36. The number of hydrogen-bond acceptors (Lipinski definition) is 5. The highest BCUT2D eigenvalue weighted by Gasteiger charge is 2.15. The molecule has 0 saturated carbocycles. The quantitative estimate of drug-likeness (QED) is 0.444. The van der Waals surface area contributed by atoms with Gasteiger partial charge in [0.15, 0.2) is 0 Å². The summed E-state index contributed by atoms with van der Waals surface area (Å²) in [5.41, 5.74) is 0.556. The molecule has 1 aromatic carbocycles. The molecule has 0 aliphatic heterocycles. The van der Waals surface area contributed by atoms with Crippen molar-refractivity contribution < 1.29 is 17.7 Å². The first-order valence-electron chi connectivity index (χ1n) is 6.93. The molecule has 0 fully saturated rings. The minimum Gasteiger partial charge on any atom is -0.469 e. The monoisotopic (exact) mass is 337 g/mol. The van der Waals surface area contributed by atoms with E-state index in [2.05, 4.69) is 14.9 Å². The predicted molar refractivity (Wildman–Crippen MR) is 82.2 cm³/mol. The highest BCUT2D eigenvalue weighted by atomic mass is 32.2. The average Bonchev–Trinajstić information content (AvgIpc) is 3.13. The lowest BCUT2D eigenvalue weighted by atomic mass is 10.3. The first-order valence-corrected chi connectivity index (χ1v) is 8.41. The summed E-state index contributed by atoms with van der Waals surface area (Å²) in [6.45, 7) is 0.211. The van der Waals surface area contributed by atoms with Gasteiger partial charge in [-0.3, -0.25) is 4.84 Å². The Morgan fingerprint density at radius 3 is 2.78 bits per heavy atom. The second kappa shape index (κ2) is 6.41. The summed E-state index contributed by atoms with van der Waals surface area (Å²) in [6.07, 6.45) is 2.85. The third-order valence-corrected chi connectivity index (χ3v) is 4.43. The number of aromatic nitrogens is 2. The van der Waals surface area contributed by atoms with Gasteiger partial charge in [-0.25, -0.2) is 13.2 Å². The molecule has 0 spiro atoms. The lowest BCUT2D eigenvalue weighted by molar-refractivity contribution is 0.0905. The van der Waals surface area contributed by atoms with E-state index in [0.29, 0.717) is 23.9 Å². The summed E-state index contributed by atoms with van der Waals surface area (Å²) in [7, 11) is -3.81. The van der Waals surface area contributed by atoms with Crippen molar-refractivity contribution in [1.29, 1.82) is 0 Å². The maximum Gasteiger partial charge on any atom is 0.323 e. The van der Waals surface area contributed by atoms with Crippen molar-refractivity contribution in [3.63, 3.8) is 0 Å². The Kier molecular flexibility index (Phi) is 4.33. The van der Waals surface area contributed by atoms with Crippen LogP contribution in [0.2, 0.25) is 0 Å². The topological polar surface area (TPSA) is 117 Å². The highest BCUT2D eigenvalue weighted by Crippen LogP contribution is 2.14. The molecule has 0 unspecified atom stereocenters. The van der Waals surface area contributed by atoms with Crippen LogP contribution in [0.15, 0.2) is 50.7 Å². The molecule has 0 aliphatic rings. The normalized spacial score (nSPS) is 12.0. The van der Waals surface area contributed by atoms with Crippen molar-refractivity contribution in [3.8, 4) is 0 Å². The molecule has 0 saturated heterocycles. The molecule has 23 heavy (non-hydrogen) atoms. The van der Waals surface area contributed by atoms with Crippen LogP contribution in [0.3, 0.4) is 0 Å². The van der Waals surface area contributed by atoms with Crippen LogP contribution in [-0.2, 0) is 21.3 Å². The zero-order valence-electron chi connectivity index (χ0n) is 12.0. The summed E-state index contributed by atoms with van der Waals surface area (Å²) in [5, 5.41) is 0. The number of H-pyrrole nitrogens is 2. The number of hydrogen-bond donors (Lipinski definition) is 3. The van der Waals surface area contributed by atoms with E-state index in [4.69, 9.17) is 9.25 Å². The molecule has 0 amide bonds. The predicted octanol–water partition coefficient (Wildman–Crippen LogP) is 1.29. The second-order valence-corrected chi connectivity index (χ2v) is 6.55. The summed E-state index contributed by atoms with van der Waals surface area (Å²) in [5.74, 6) is 0.818. The molecule has 3 aromatic rings. The van der Waals surface area contributed by atoms with E-state index in [1.54, 1.807) is 12.3 Å². The van der Waals surface area contributed by atoms with Gasteiger partial charge in [0.05, 0.1) is 28.8 Å². The van der Waals surface area contributed by atoms with E-state index in [1.165, 1.54) is 18.2 Å². The maximum absolute atomic E-state index is 12.1. The van der Waals surface area contributed by atoms with Gasteiger partial charge < -0.3 is 14.4 Å². The van der Waals surface area contributed by atoms with Crippen LogP contribution in [0.25, 0.3) is 11.0 Å². The van der Waals surface area contributed by atoms with Crippen LogP contribution >= 0.6 is 0 Å². The van der Waals surface area contributed by atoms with Crippen molar-refractivity contribution in [2.24, 2.45) is 0 Å². The molecule has 2 aromatic heterocycles. The Labute approximate surface area is 131 Å². The Morgan fingerprint density at radius 2 is 2.00 bits per heavy atom.